The summed E-state index contributed by atoms with van der Waals surface area (Å²) >= 11 is 6.06. The maximum absolute atomic E-state index is 13.0. The van der Waals surface area contributed by atoms with E-state index in [0.29, 0.717) is 45.5 Å². The van der Waals surface area contributed by atoms with E-state index in [1.165, 1.54) is 12.1 Å². The number of sulfonamides is 1. The number of benzene rings is 2. The summed E-state index contributed by atoms with van der Waals surface area (Å²) in [4.78, 5) is 11.4. The highest BCUT2D eigenvalue weighted by Gasteiger charge is 2.21. The van der Waals surface area contributed by atoms with Crippen molar-refractivity contribution in [2.45, 2.75) is 18.2 Å². The van der Waals surface area contributed by atoms with Crippen LogP contribution in [0.3, 0.4) is 0 Å². The summed E-state index contributed by atoms with van der Waals surface area (Å²) < 4.78 is 28.6. The number of halogens is 1. The van der Waals surface area contributed by atoms with Crippen molar-refractivity contribution in [2.24, 2.45) is 0 Å². The third kappa shape index (κ3) is 3.52. The van der Waals surface area contributed by atoms with Crippen molar-refractivity contribution in [3.05, 3.63) is 70.4 Å². The molecular formula is C19H17ClN2O3S. The van der Waals surface area contributed by atoms with Gasteiger partial charge in [-0.3, -0.25) is 9.52 Å². The Balaban J connectivity index is 2.12. The van der Waals surface area contributed by atoms with E-state index in [-0.39, 0.29) is 4.90 Å². The molecule has 7 heteroatoms. The number of hydrogen-bond donors (Lipinski definition) is 2. The molecule has 3 N–H and O–H groups in total. The zero-order chi connectivity index (χ0) is 18.9. The van der Waals surface area contributed by atoms with Crippen molar-refractivity contribution in [1.82, 2.24) is 4.72 Å². The second-order valence-corrected chi connectivity index (χ2v) is 8.14. The lowest BCUT2D eigenvalue weighted by Crippen LogP contribution is -2.23. The average molecular weight is 389 g/mol. The largest absolute Gasteiger partial charge is 0.398 e. The van der Waals surface area contributed by atoms with Gasteiger partial charge < -0.3 is 5.73 Å². The van der Waals surface area contributed by atoms with E-state index < -0.39 is 10.0 Å². The van der Waals surface area contributed by atoms with Crippen LogP contribution in [0.1, 0.15) is 23.7 Å². The Hall–Kier alpha value is -2.57. The molecule has 3 rings (SSSR count). The van der Waals surface area contributed by atoms with Gasteiger partial charge in [0, 0.05) is 39.2 Å². The number of hydrogen-bond acceptors (Lipinski definition) is 4. The Morgan fingerprint density at radius 1 is 1.19 bits per heavy atom. The van der Waals surface area contributed by atoms with Gasteiger partial charge >= 0.3 is 0 Å². The van der Waals surface area contributed by atoms with Crippen molar-refractivity contribution in [3.63, 3.8) is 0 Å². The number of aldehydes is 1. The van der Waals surface area contributed by atoms with Gasteiger partial charge in [0.15, 0.2) is 6.29 Å². The highest BCUT2D eigenvalue weighted by Crippen LogP contribution is 2.31. The molecule has 0 fully saturated rings. The van der Waals surface area contributed by atoms with Crippen LogP contribution < -0.4 is 10.5 Å². The van der Waals surface area contributed by atoms with Crippen LogP contribution >= 0.6 is 11.6 Å². The molecule has 0 amide bonds. The summed E-state index contributed by atoms with van der Waals surface area (Å²) in [5.41, 5.74) is 8.10. The second-order valence-electron chi connectivity index (χ2n) is 6.06. The van der Waals surface area contributed by atoms with Crippen LogP contribution in [-0.4, -0.2) is 14.7 Å². The number of rotatable bonds is 4. The number of carbonyl (C=O) groups is 1. The molecular weight excluding hydrogens is 372 g/mol. The van der Waals surface area contributed by atoms with Gasteiger partial charge in [-0.15, -0.1) is 0 Å². The summed E-state index contributed by atoms with van der Waals surface area (Å²) in [6.45, 7) is 1.89. The molecule has 26 heavy (non-hydrogen) atoms. The maximum atomic E-state index is 13.0. The lowest BCUT2D eigenvalue weighted by Gasteiger charge is -2.15. The van der Waals surface area contributed by atoms with E-state index in [1.54, 1.807) is 30.4 Å². The van der Waals surface area contributed by atoms with Crippen LogP contribution in [0.5, 0.6) is 0 Å². The first-order chi connectivity index (χ1) is 12.3. The van der Waals surface area contributed by atoms with Gasteiger partial charge in [-0.25, -0.2) is 8.42 Å². The summed E-state index contributed by atoms with van der Waals surface area (Å²) in [6.07, 6.45) is 6.23. The lowest BCUT2D eigenvalue weighted by atomic mass is 10.0. The topological polar surface area (TPSA) is 89.3 Å². The van der Waals surface area contributed by atoms with Gasteiger partial charge in [0.25, 0.3) is 10.0 Å². The standard InChI is InChI=1S/C19H17ClN2O3S/c1-12-5-6-14(20)10-15(9-12)22-26(24,25)18-8-7-17(21)19-13(11-23)3-2-4-16(18)19/h2-8,10-11,22H,9,21H2,1H3. The SMILES string of the molecule is CC1=CC=C(Cl)C=C(NS(=O)(=O)c2ccc(N)c3c(C=O)cccc23)C1. The van der Waals surface area contributed by atoms with Gasteiger partial charge in [-0.05, 0) is 31.2 Å². The van der Waals surface area contributed by atoms with Crippen molar-refractivity contribution in [1.29, 1.82) is 0 Å². The third-order valence-corrected chi connectivity index (χ3v) is 5.76. The van der Waals surface area contributed by atoms with E-state index >= 15 is 0 Å². The quantitative estimate of drug-likeness (QED) is 0.614. The fourth-order valence-corrected chi connectivity index (χ4v) is 4.40. The van der Waals surface area contributed by atoms with Gasteiger partial charge in [0.05, 0.1) is 4.90 Å². The minimum atomic E-state index is -3.89. The number of nitrogens with two attached hydrogens (primary N) is 1. The number of carbonyl (C=O) groups excluding carboxylic acids is 1. The molecule has 1 aliphatic rings. The van der Waals surface area contributed by atoms with E-state index in [4.69, 9.17) is 17.3 Å². The first-order valence-corrected chi connectivity index (χ1v) is 9.70. The zero-order valence-corrected chi connectivity index (χ0v) is 15.6. The molecule has 0 heterocycles. The van der Waals surface area contributed by atoms with Gasteiger partial charge in [-0.1, -0.05) is 41.4 Å². The second kappa shape index (κ2) is 6.97. The fraction of sp³-hybridized carbons (Fsp3) is 0.105. The Labute approximate surface area is 156 Å². The number of nitrogen functional groups attached to an aromatic ring is 1. The van der Waals surface area contributed by atoms with Gasteiger partial charge in [-0.2, -0.15) is 0 Å². The molecule has 1 aliphatic carbocycles. The van der Waals surface area contributed by atoms with E-state index in [1.807, 2.05) is 13.0 Å². The number of fused-ring (bicyclic) bond motifs is 1. The van der Waals surface area contributed by atoms with Crippen molar-refractivity contribution < 1.29 is 13.2 Å². The normalized spacial score (nSPS) is 14.9. The number of allylic oxidation sites excluding steroid dienone is 5. The molecule has 0 unspecified atom stereocenters. The maximum Gasteiger partial charge on any atom is 0.262 e. The molecule has 0 aliphatic heterocycles. The molecule has 0 saturated heterocycles. The third-order valence-electron chi connectivity index (χ3n) is 4.06. The molecule has 5 nitrogen and oxygen atoms in total. The van der Waals surface area contributed by atoms with Crippen LogP contribution in [0, 0.1) is 0 Å². The van der Waals surface area contributed by atoms with Gasteiger partial charge in [0.2, 0.25) is 0 Å². The minimum absolute atomic E-state index is 0.0530. The van der Waals surface area contributed by atoms with E-state index in [9.17, 15) is 13.2 Å². The van der Waals surface area contributed by atoms with Crippen LogP contribution in [0.25, 0.3) is 10.8 Å². The van der Waals surface area contributed by atoms with Crippen molar-refractivity contribution in [2.75, 3.05) is 5.73 Å². The molecule has 0 aromatic heterocycles. The molecule has 134 valence electrons. The number of anilines is 1. The Morgan fingerprint density at radius 3 is 2.69 bits per heavy atom. The summed E-state index contributed by atoms with van der Waals surface area (Å²) in [7, 11) is -3.89. The average Bonchev–Trinajstić information content (AvgIpc) is 2.74. The summed E-state index contributed by atoms with van der Waals surface area (Å²) in [6, 6.07) is 7.78. The minimum Gasteiger partial charge on any atom is -0.398 e. The molecule has 2 aromatic carbocycles. The first-order valence-electron chi connectivity index (χ1n) is 7.84. The molecule has 0 atom stereocenters. The summed E-state index contributed by atoms with van der Waals surface area (Å²) in [5.74, 6) is 0. The lowest BCUT2D eigenvalue weighted by molar-refractivity contribution is 0.112. The predicted octanol–water partition coefficient (Wildman–Crippen LogP) is 3.87. The van der Waals surface area contributed by atoms with Gasteiger partial charge in [0.1, 0.15) is 0 Å². The highest BCUT2D eigenvalue weighted by molar-refractivity contribution is 7.89. The fourth-order valence-electron chi connectivity index (χ4n) is 2.91. The monoisotopic (exact) mass is 388 g/mol. The zero-order valence-electron chi connectivity index (χ0n) is 14.0. The molecule has 0 saturated carbocycles. The van der Waals surface area contributed by atoms with Crippen LogP contribution in [0.2, 0.25) is 0 Å². The van der Waals surface area contributed by atoms with Crippen LogP contribution in [-0.2, 0) is 10.0 Å². The Morgan fingerprint density at radius 2 is 1.96 bits per heavy atom. The Bertz CT molecular complexity index is 1100. The van der Waals surface area contributed by atoms with Crippen LogP contribution in [0.15, 0.2) is 69.8 Å². The number of nitrogens with one attached hydrogen (secondary N) is 1. The Kier molecular flexibility index (Phi) is 4.89. The first kappa shape index (κ1) is 18.2. The highest BCUT2D eigenvalue weighted by atomic mass is 35.5. The predicted molar refractivity (Wildman–Crippen MR) is 104 cm³/mol. The van der Waals surface area contributed by atoms with Crippen molar-refractivity contribution >= 4 is 44.4 Å². The molecule has 0 radical (unpaired) electrons. The van der Waals surface area contributed by atoms with Crippen LogP contribution in [0.4, 0.5) is 5.69 Å². The molecule has 0 spiro atoms. The smallest absolute Gasteiger partial charge is 0.262 e. The summed E-state index contributed by atoms with van der Waals surface area (Å²) in [5, 5.41) is 1.25. The van der Waals surface area contributed by atoms with E-state index in [0.717, 1.165) is 5.57 Å². The molecule has 0 bridgehead atoms. The van der Waals surface area contributed by atoms with E-state index in [2.05, 4.69) is 4.72 Å². The molecule has 2 aromatic rings. The van der Waals surface area contributed by atoms with Crippen molar-refractivity contribution in [3.8, 4) is 0 Å².